The summed E-state index contributed by atoms with van der Waals surface area (Å²) in [6.45, 7) is 1.89. The van der Waals surface area contributed by atoms with E-state index < -0.39 is 11.7 Å². The number of halogens is 3. The van der Waals surface area contributed by atoms with E-state index in [1.165, 1.54) is 12.5 Å². The molecule has 2 saturated heterocycles. The fraction of sp³-hybridized carbons (Fsp3) is 0.364. The van der Waals surface area contributed by atoms with E-state index in [4.69, 9.17) is 9.15 Å². The first-order valence-corrected chi connectivity index (χ1v) is 10.2. The molecule has 0 radical (unpaired) electrons. The van der Waals surface area contributed by atoms with Crippen LogP contribution in [0, 0.1) is 6.92 Å². The molecule has 1 aromatic carbocycles. The highest BCUT2D eigenvalue weighted by Gasteiger charge is 2.50. The minimum Gasteiger partial charge on any atom is -0.458 e. The lowest BCUT2D eigenvalue weighted by Gasteiger charge is -2.25. The van der Waals surface area contributed by atoms with Gasteiger partial charge in [-0.15, -0.1) is 0 Å². The SMILES string of the molecule is Cc1cccc(C(=O)N2C3CCC2C(Oc2ncc(C(F)(F)F)cn2)C3)c1-c1ncco1. The zero-order valence-corrected chi connectivity index (χ0v) is 17.0. The summed E-state index contributed by atoms with van der Waals surface area (Å²) in [7, 11) is 0. The van der Waals surface area contributed by atoms with Gasteiger partial charge in [0.15, 0.2) is 0 Å². The maximum atomic E-state index is 13.6. The number of rotatable bonds is 4. The van der Waals surface area contributed by atoms with E-state index in [1.54, 1.807) is 6.07 Å². The Morgan fingerprint density at radius 1 is 1.19 bits per heavy atom. The highest BCUT2D eigenvalue weighted by molar-refractivity contribution is 6.01. The lowest BCUT2D eigenvalue weighted by molar-refractivity contribution is -0.138. The van der Waals surface area contributed by atoms with Crippen LogP contribution in [0.2, 0.25) is 0 Å². The van der Waals surface area contributed by atoms with Gasteiger partial charge >= 0.3 is 12.2 Å². The summed E-state index contributed by atoms with van der Waals surface area (Å²) in [6, 6.07) is 5.10. The van der Waals surface area contributed by atoms with Crippen molar-refractivity contribution in [3.63, 3.8) is 0 Å². The Labute approximate surface area is 181 Å². The number of hydrogen-bond donors (Lipinski definition) is 0. The van der Waals surface area contributed by atoms with Crippen molar-refractivity contribution in [3.8, 4) is 17.5 Å². The second-order valence-electron chi connectivity index (χ2n) is 7.99. The van der Waals surface area contributed by atoms with Crippen LogP contribution in [-0.2, 0) is 6.18 Å². The van der Waals surface area contributed by atoms with Crippen molar-refractivity contribution in [1.82, 2.24) is 19.9 Å². The van der Waals surface area contributed by atoms with Crippen molar-refractivity contribution < 1.29 is 27.1 Å². The minimum atomic E-state index is -4.51. The van der Waals surface area contributed by atoms with E-state index >= 15 is 0 Å². The summed E-state index contributed by atoms with van der Waals surface area (Å²) >= 11 is 0. The van der Waals surface area contributed by atoms with Gasteiger partial charge in [-0.1, -0.05) is 12.1 Å². The van der Waals surface area contributed by atoms with Crippen molar-refractivity contribution in [1.29, 1.82) is 0 Å². The molecule has 2 aliphatic rings. The Kier molecular flexibility index (Phi) is 4.87. The van der Waals surface area contributed by atoms with Gasteiger partial charge in [0.2, 0.25) is 5.89 Å². The van der Waals surface area contributed by atoms with Crippen LogP contribution in [0.25, 0.3) is 11.5 Å². The molecule has 3 aromatic rings. The molecule has 3 atom stereocenters. The minimum absolute atomic E-state index is 0.0233. The predicted octanol–water partition coefficient (Wildman–Crippen LogP) is 4.28. The maximum absolute atomic E-state index is 13.6. The average molecular weight is 444 g/mol. The number of oxazole rings is 1. The van der Waals surface area contributed by atoms with E-state index in [2.05, 4.69) is 15.0 Å². The van der Waals surface area contributed by atoms with Crippen molar-refractivity contribution in [2.75, 3.05) is 0 Å². The predicted molar refractivity (Wildman–Crippen MR) is 106 cm³/mol. The summed E-state index contributed by atoms with van der Waals surface area (Å²) in [5.41, 5.74) is 1.08. The molecular formula is C22H19F3N4O3. The molecule has 4 heterocycles. The van der Waals surface area contributed by atoms with Gasteiger partial charge in [0.1, 0.15) is 12.4 Å². The summed E-state index contributed by atoms with van der Waals surface area (Å²) in [6.07, 6.45) is 1.65. The molecule has 1 amide bonds. The molecule has 10 heteroatoms. The molecule has 0 N–H and O–H groups in total. The Morgan fingerprint density at radius 3 is 2.66 bits per heavy atom. The van der Waals surface area contributed by atoms with Crippen LogP contribution >= 0.6 is 0 Å². The maximum Gasteiger partial charge on any atom is 0.419 e. The van der Waals surface area contributed by atoms with Crippen LogP contribution < -0.4 is 4.74 Å². The lowest BCUT2D eigenvalue weighted by atomic mass is 9.98. The summed E-state index contributed by atoms with van der Waals surface area (Å²) in [5, 5.41) is 0. The van der Waals surface area contributed by atoms with Crippen molar-refractivity contribution in [3.05, 3.63) is 59.7 Å². The monoisotopic (exact) mass is 444 g/mol. The van der Waals surface area contributed by atoms with E-state index in [1.807, 2.05) is 24.0 Å². The molecule has 2 fully saturated rings. The first kappa shape index (κ1) is 20.5. The third kappa shape index (κ3) is 3.49. The van der Waals surface area contributed by atoms with Gasteiger partial charge < -0.3 is 14.1 Å². The van der Waals surface area contributed by atoms with Gasteiger partial charge in [0.05, 0.1) is 28.9 Å². The topological polar surface area (TPSA) is 81.4 Å². The van der Waals surface area contributed by atoms with Crippen molar-refractivity contribution in [2.24, 2.45) is 0 Å². The van der Waals surface area contributed by atoms with Gasteiger partial charge in [-0.3, -0.25) is 4.79 Å². The van der Waals surface area contributed by atoms with Gasteiger partial charge in [-0.05, 0) is 31.4 Å². The van der Waals surface area contributed by atoms with E-state index in [0.29, 0.717) is 35.8 Å². The summed E-state index contributed by atoms with van der Waals surface area (Å²) < 4.78 is 49.5. The third-order valence-corrected chi connectivity index (χ3v) is 6.08. The fourth-order valence-corrected chi connectivity index (χ4v) is 4.65. The largest absolute Gasteiger partial charge is 0.458 e. The smallest absolute Gasteiger partial charge is 0.419 e. The van der Waals surface area contributed by atoms with E-state index in [9.17, 15) is 18.0 Å². The molecule has 0 spiro atoms. The quantitative estimate of drug-likeness (QED) is 0.598. The molecule has 5 rings (SSSR count). The molecule has 166 valence electrons. The highest BCUT2D eigenvalue weighted by Crippen LogP contribution is 2.41. The van der Waals surface area contributed by atoms with Crippen LogP contribution in [0.3, 0.4) is 0 Å². The molecule has 2 aromatic heterocycles. The third-order valence-electron chi connectivity index (χ3n) is 6.08. The van der Waals surface area contributed by atoms with Crippen molar-refractivity contribution >= 4 is 5.91 Å². The number of alkyl halides is 3. The first-order valence-electron chi connectivity index (χ1n) is 10.2. The van der Waals surface area contributed by atoms with Crippen LogP contribution in [-0.4, -0.2) is 43.9 Å². The Balaban J connectivity index is 1.38. The van der Waals surface area contributed by atoms with Crippen molar-refractivity contribution in [2.45, 2.75) is 50.6 Å². The van der Waals surface area contributed by atoms with Crippen LogP contribution in [0.1, 0.15) is 40.7 Å². The molecular weight excluding hydrogens is 425 g/mol. The molecule has 32 heavy (non-hydrogen) atoms. The number of carbonyl (C=O) groups is 1. The normalized spacial score (nSPS) is 22.4. The second kappa shape index (κ2) is 7.61. The zero-order chi connectivity index (χ0) is 22.5. The Bertz CT molecular complexity index is 1130. The number of benzene rings is 1. The van der Waals surface area contributed by atoms with Gasteiger partial charge in [0, 0.05) is 24.9 Å². The molecule has 7 nitrogen and oxygen atoms in total. The first-order chi connectivity index (χ1) is 15.3. The summed E-state index contributed by atoms with van der Waals surface area (Å²) in [4.78, 5) is 27.0. The number of aromatic nitrogens is 3. The lowest BCUT2D eigenvalue weighted by Crippen LogP contribution is -2.39. The number of fused-ring (bicyclic) bond motifs is 2. The van der Waals surface area contributed by atoms with Gasteiger partial charge in [0.25, 0.3) is 5.91 Å². The zero-order valence-electron chi connectivity index (χ0n) is 17.0. The number of hydrogen-bond acceptors (Lipinski definition) is 6. The molecule has 2 bridgehead atoms. The summed E-state index contributed by atoms with van der Waals surface area (Å²) in [5.74, 6) is 0.234. The standard InChI is InChI=1S/C22H19F3N4O3/c1-12-3-2-4-15(18(12)19-26-7-8-31-19)20(30)29-14-5-6-16(29)17(9-14)32-21-27-10-13(11-28-21)22(23,24)25/h2-4,7-8,10-11,14,16-17H,5-6,9H2,1H3. The molecule has 2 aliphatic heterocycles. The fourth-order valence-electron chi connectivity index (χ4n) is 4.65. The van der Waals surface area contributed by atoms with Gasteiger partial charge in [-0.25, -0.2) is 15.0 Å². The van der Waals surface area contributed by atoms with Crippen LogP contribution in [0.5, 0.6) is 6.01 Å². The number of ether oxygens (including phenoxy) is 1. The number of amides is 1. The van der Waals surface area contributed by atoms with Crippen LogP contribution in [0.4, 0.5) is 13.2 Å². The molecule has 0 saturated carbocycles. The molecule has 0 aliphatic carbocycles. The van der Waals surface area contributed by atoms with E-state index in [-0.39, 0.29) is 30.1 Å². The average Bonchev–Trinajstić information content (AvgIpc) is 3.49. The second-order valence-corrected chi connectivity index (χ2v) is 7.99. The number of carbonyl (C=O) groups excluding carboxylic acids is 1. The number of nitrogens with zero attached hydrogens (tertiary/aromatic N) is 4. The molecule has 3 unspecified atom stereocenters. The highest BCUT2D eigenvalue weighted by atomic mass is 19.4. The number of aryl methyl sites for hydroxylation is 1. The van der Waals surface area contributed by atoms with E-state index in [0.717, 1.165) is 18.4 Å². The Hall–Kier alpha value is -3.43. The van der Waals surface area contributed by atoms with Crippen LogP contribution in [0.15, 0.2) is 47.5 Å². The Morgan fingerprint density at radius 2 is 1.97 bits per heavy atom. The van der Waals surface area contributed by atoms with Gasteiger partial charge in [-0.2, -0.15) is 13.2 Å².